The van der Waals surface area contributed by atoms with E-state index in [1.807, 2.05) is 60.9 Å². The highest BCUT2D eigenvalue weighted by molar-refractivity contribution is 7.98. The maximum Gasteiger partial charge on any atom is 0.157 e. The first kappa shape index (κ1) is 16.2. The summed E-state index contributed by atoms with van der Waals surface area (Å²) in [5.41, 5.74) is 10.5. The third-order valence-corrected chi connectivity index (χ3v) is 4.94. The molecule has 0 amide bonds. The lowest BCUT2D eigenvalue weighted by Gasteiger charge is -2.09. The fourth-order valence-corrected chi connectivity index (χ4v) is 3.28. The standard InChI is InChI=1S/C20H15N5S/c1-26-13-8-6-12(7-9-13)14-10-18(23-19(22)15(14)11-21)20-24-16-4-2-3-5-17(16)25-20/h2-10H,1H3,(H2,22,23)(H,24,25). The van der Waals surface area contributed by atoms with Crippen LogP contribution in [0.2, 0.25) is 0 Å². The highest BCUT2D eigenvalue weighted by Crippen LogP contribution is 2.32. The number of rotatable bonds is 3. The molecule has 2 heterocycles. The molecule has 26 heavy (non-hydrogen) atoms. The van der Waals surface area contributed by atoms with Crippen molar-refractivity contribution in [1.29, 1.82) is 5.26 Å². The van der Waals surface area contributed by atoms with Gasteiger partial charge in [-0.2, -0.15) is 5.26 Å². The lowest BCUT2D eigenvalue weighted by atomic mass is 10.0. The number of thioether (sulfide) groups is 1. The van der Waals surface area contributed by atoms with Crippen LogP contribution in [-0.2, 0) is 0 Å². The zero-order chi connectivity index (χ0) is 18.1. The summed E-state index contributed by atoms with van der Waals surface area (Å²) in [6, 6.07) is 19.8. The smallest absolute Gasteiger partial charge is 0.157 e. The van der Waals surface area contributed by atoms with Crippen LogP contribution in [0.5, 0.6) is 0 Å². The Labute approximate surface area is 154 Å². The van der Waals surface area contributed by atoms with E-state index in [-0.39, 0.29) is 5.82 Å². The minimum absolute atomic E-state index is 0.203. The number of hydrogen-bond donors (Lipinski definition) is 2. The highest BCUT2D eigenvalue weighted by atomic mass is 32.2. The van der Waals surface area contributed by atoms with Crippen LogP contribution in [-0.4, -0.2) is 21.2 Å². The molecule has 0 saturated carbocycles. The highest BCUT2D eigenvalue weighted by Gasteiger charge is 2.15. The van der Waals surface area contributed by atoms with Crippen molar-refractivity contribution in [2.24, 2.45) is 0 Å². The van der Waals surface area contributed by atoms with Gasteiger partial charge >= 0.3 is 0 Å². The van der Waals surface area contributed by atoms with Crippen LogP contribution in [0.25, 0.3) is 33.7 Å². The van der Waals surface area contributed by atoms with Gasteiger partial charge in [0.15, 0.2) is 5.82 Å². The Balaban J connectivity index is 1.89. The third-order valence-electron chi connectivity index (χ3n) is 4.19. The van der Waals surface area contributed by atoms with Gasteiger partial charge in [-0.3, -0.25) is 0 Å². The first-order valence-corrected chi connectivity index (χ1v) is 9.22. The Hall–Kier alpha value is -3.30. The molecule has 0 atom stereocenters. The molecule has 4 rings (SSSR count). The van der Waals surface area contributed by atoms with Crippen molar-refractivity contribution in [2.45, 2.75) is 4.90 Å². The van der Waals surface area contributed by atoms with Gasteiger partial charge in [-0.25, -0.2) is 9.97 Å². The van der Waals surface area contributed by atoms with Crippen LogP contribution in [0.3, 0.4) is 0 Å². The van der Waals surface area contributed by atoms with Crippen LogP contribution >= 0.6 is 11.8 Å². The molecule has 0 aliphatic rings. The van der Waals surface area contributed by atoms with Crippen LogP contribution in [0, 0.1) is 11.3 Å². The first-order chi connectivity index (χ1) is 12.7. The van der Waals surface area contributed by atoms with E-state index in [1.165, 1.54) is 0 Å². The summed E-state index contributed by atoms with van der Waals surface area (Å²) in [7, 11) is 0. The van der Waals surface area contributed by atoms with Gasteiger partial charge in [-0.15, -0.1) is 11.8 Å². The second kappa shape index (κ2) is 6.54. The van der Waals surface area contributed by atoms with Gasteiger partial charge in [0, 0.05) is 10.5 Å². The molecule has 0 unspecified atom stereocenters. The van der Waals surface area contributed by atoms with Crippen molar-refractivity contribution >= 4 is 28.6 Å². The van der Waals surface area contributed by atoms with E-state index in [4.69, 9.17) is 5.73 Å². The number of benzene rings is 2. The number of aromatic amines is 1. The van der Waals surface area contributed by atoms with E-state index >= 15 is 0 Å². The summed E-state index contributed by atoms with van der Waals surface area (Å²) in [6.45, 7) is 0. The van der Waals surface area contributed by atoms with E-state index < -0.39 is 0 Å². The molecule has 3 N–H and O–H groups in total. The summed E-state index contributed by atoms with van der Waals surface area (Å²) >= 11 is 1.67. The number of aromatic nitrogens is 3. The molecule has 0 spiro atoms. The molecule has 0 bridgehead atoms. The molecule has 2 aromatic carbocycles. The summed E-state index contributed by atoms with van der Waals surface area (Å²) in [5, 5.41) is 9.54. The topological polar surface area (TPSA) is 91.4 Å². The van der Waals surface area contributed by atoms with Crippen molar-refractivity contribution in [3.05, 3.63) is 60.2 Å². The monoisotopic (exact) mass is 357 g/mol. The number of nitrogens with zero attached hydrogens (tertiary/aromatic N) is 3. The summed E-state index contributed by atoms with van der Waals surface area (Å²) in [4.78, 5) is 13.4. The Morgan fingerprint density at radius 3 is 2.54 bits per heavy atom. The van der Waals surface area contributed by atoms with Crippen molar-refractivity contribution in [1.82, 2.24) is 15.0 Å². The van der Waals surface area contributed by atoms with Crippen LogP contribution < -0.4 is 5.73 Å². The zero-order valence-corrected chi connectivity index (χ0v) is 14.8. The van der Waals surface area contributed by atoms with E-state index in [9.17, 15) is 5.26 Å². The van der Waals surface area contributed by atoms with Crippen molar-refractivity contribution in [3.63, 3.8) is 0 Å². The Morgan fingerprint density at radius 2 is 1.85 bits per heavy atom. The molecule has 0 aliphatic heterocycles. The van der Waals surface area contributed by atoms with E-state index in [0.717, 1.165) is 27.1 Å². The van der Waals surface area contributed by atoms with Gasteiger partial charge < -0.3 is 10.7 Å². The van der Waals surface area contributed by atoms with E-state index in [2.05, 4.69) is 21.0 Å². The van der Waals surface area contributed by atoms with Gasteiger partial charge in [0.25, 0.3) is 0 Å². The normalized spacial score (nSPS) is 10.8. The van der Waals surface area contributed by atoms with Gasteiger partial charge in [-0.1, -0.05) is 24.3 Å². The van der Waals surface area contributed by atoms with Gasteiger partial charge in [0.2, 0.25) is 0 Å². The number of hydrogen-bond acceptors (Lipinski definition) is 5. The number of para-hydroxylation sites is 2. The quantitative estimate of drug-likeness (QED) is 0.528. The molecular weight excluding hydrogens is 342 g/mol. The Kier molecular flexibility index (Phi) is 4.07. The molecule has 0 fully saturated rings. The first-order valence-electron chi connectivity index (χ1n) is 8.00. The molecule has 2 aromatic heterocycles. The predicted octanol–water partition coefficient (Wildman–Crippen LogP) is 4.47. The molecule has 126 valence electrons. The second-order valence-electron chi connectivity index (χ2n) is 5.76. The number of nitrogens with two attached hydrogens (primary N) is 1. The minimum atomic E-state index is 0.203. The van der Waals surface area contributed by atoms with Gasteiger partial charge in [0.05, 0.1) is 11.0 Å². The van der Waals surface area contributed by atoms with E-state index in [1.54, 1.807) is 11.8 Å². The molecular formula is C20H15N5S. The lowest BCUT2D eigenvalue weighted by molar-refractivity contribution is 1.23. The molecule has 5 nitrogen and oxygen atoms in total. The minimum Gasteiger partial charge on any atom is -0.383 e. The fourth-order valence-electron chi connectivity index (χ4n) is 2.88. The van der Waals surface area contributed by atoms with Crippen LogP contribution in [0.1, 0.15) is 5.56 Å². The largest absolute Gasteiger partial charge is 0.383 e. The van der Waals surface area contributed by atoms with Gasteiger partial charge in [-0.05, 0) is 42.2 Å². The summed E-state index contributed by atoms with van der Waals surface area (Å²) < 4.78 is 0. The SMILES string of the molecule is CSc1ccc(-c2cc(-c3nc4ccccc4[nH]3)nc(N)c2C#N)cc1. The maximum atomic E-state index is 9.54. The average Bonchev–Trinajstić information content (AvgIpc) is 3.11. The lowest BCUT2D eigenvalue weighted by Crippen LogP contribution is -2.00. The molecule has 0 aliphatic carbocycles. The Bertz CT molecular complexity index is 1110. The van der Waals surface area contributed by atoms with Crippen LogP contribution in [0.4, 0.5) is 5.82 Å². The number of nitrogen functional groups attached to an aromatic ring is 1. The average molecular weight is 357 g/mol. The zero-order valence-electron chi connectivity index (χ0n) is 14.0. The van der Waals surface area contributed by atoms with Crippen molar-refractivity contribution in [2.75, 3.05) is 12.0 Å². The summed E-state index contributed by atoms with van der Waals surface area (Å²) in [6.07, 6.45) is 2.03. The molecule has 4 aromatic rings. The Morgan fingerprint density at radius 1 is 1.08 bits per heavy atom. The number of anilines is 1. The number of pyridine rings is 1. The van der Waals surface area contributed by atoms with Crippen molar-refractivity contribution in [3.8, 4) is 28.7 Å². The number of imidazole rings is 1. The maximum absolute atomic E-state index is 9.54. The van der Waals surface area contributed by atoms with Crippen molar-refractivity contribution < 1.29 is 0 Å². The second-order valence-corrected chi connectivity index (χ2v) is 6.64. The third kappa shape index (κ3) is 2.79. The number of fused-ring (bicyclic) bond motifs is 1. The predicted molar refractivity (Wildman–Crippen MR) is 106 cm³/mol. The molecule has 0 saturated heterocycles. The number of H-pyrrole nitrogens is 1. The summed E-state index contributed by atoms with van der Waals surface area (Å²) in [5.74, 6) is 0.832. The van der Waals surface area contributed by atoms with Crippen LogP contribution in [0.15, 0.2) is 59.5 Å². The fraction of sp³-hybridized carbons (Fsp3) is 0.0500. The molecule has 6 heteroatoms. The number of nitrogens with one attached hydrogen (secondary N) is 1. The van der Waals surface area contributed by atoms with Gasteiger partial charge in [0.1, 0.15) is 23.1 Å². The molecule has 0 radical (unpaired) electrons. The van der Waals surface area contributed by atoms with E-state index in [0.29, 0.717) is 17.1 Å². The number of nitriles is 1.